The molecule has 0 atom stereocenters. The summed E-state index contributed by atoms with van der Waals surface area (Å²) in [6.45, 7) is 0. The molecule has 0 amide bonds. The molecule has 0 bridgehead atoms. The predicted octanol–water partition coefficient (Wildman–Crippen LogP) is 1.27. The molecule has 0 radical (unpaired) electrons. The number of nitro benzene ring substituents is 1. The summed E-state index contributed by atoms with van der Waals surface area (Å²) in [7, 11) is 0. The number of allylic oxidation sites excluding steroid dienone is 1. The normalized spacial score (nSPS) is 13.7. The molecular formula is C13H8N2O5. The molecule has 2 N–H and O–H groups in total. The first kappa shape index (κ1) is 13.3. The Kier molecular flexibility index (Phi) is 3.45. The molecule has 0 aromatic heterocycles. The van der Waals surface area contributed by atoms with Gasteiger partial charge in [-0.05, 0) is 11.6 Å². The van der Waals surface area contributed by atoms with Crippen molar-refractivity contribution in [1.82, 2.24) is 5.32 Å². The van der Waals surface area contributed by atoms with Gasteiger partial charge in [0.25, 0.3) is 5.69 Å². The van der Waals surface area contributed by atoms with Gasteiger partial charge in [-0.15, -0.1) is 0 Å². The number of carbonyl (C=O) groups excluding carboxylic acids is 1. The lowest BCUT2D eigenvalue weighted by molar-refractivity contribution is -0.384. The minimum Gasteiger partial charge on any atom is -0.478 e. The van der Waals surface area contributed by atoms with E-state index in [0.29, 0.717) is 5.56 Å². The first-order chi connectivity index (χ1) is 9.52. The van der Waals surface area contributed by atoms with Crippen LogP contribution in [0.25, 0.3) is 5.57 Å². The van der Waals surface area contributed by atoms with E-state index in [0.717, 1.165) is 6.20 Å². The summed E-state index contributed by atoms with van der Waals surface area (Å²) < 4.78 is 0. The van der Waals surface area contributed by atoms with E-state index in [1.165, 1.54) is 30.3 Å². The van der Waals surface area contributed by atoms with Crippen LogP contribution in [0.1, 0.15) is 5.56 Å². The average molecular weight is 272 g/mol. The van der Waals surface area contributed by atoms with Crippen molar-refractivity contribution in [3.05, 3.63) is 63.5 Å². The summed E-state index contributed by atoms with van der Waals surface area (Å²) >= 11 is 0. The number of hydrogen-bond acceptors (Lipinski definition) is 5. The Balaban J connectivity index is 2.57. The largest absolute Gasteiger partial charge is 0.478 e. The van der Waals surface area contributed by atoms with Gasteiger partial charge in [0.05, 0.1) is 10.5 Å². The summed E-state index contributed by atoms with van der Waals surface area (Å²) in [6, 6.07) is 5.52. The lowest BCUT2D eigenvalue weighted by atomic mass is 9.95. The van der Waals surface area contributed by atoms with Crippen LogP contribution in [0.4, 0.5) is 5.69 Å². The van der Waals surface area contributed by atoms with E-state index < -0.39 is 10.9 Å². The molecule has 7 nitrogen and oxygen atoms in total. The molecule has 0 saturated heterocycles. The van der Waals surface area contributed by atoms with E-state index in [9.17, 15) is 19.7 Å². The maximum Gasteiger partial charge on any atom is 0.337 e. The zero-order chi connectivity index (χ0) is 14.7. The number of non-ortho nitro benzene ring substituents is 1. The van der Waals surface area contributed by atoms with Gasteiger partial charge in [-0.25, -0.2) is 9.59 Å². The molecule has 100 valence electrons. The lowest BCUT2D eigenvalue weighted by Gasteiger charge is -2.14. The van der Waals surface area contributed by atoms with Crippen LogP contribution in [-0.4, -0.2) is 21.9 Å². The predicted molar refractivity (Wildman–Crippen MR) is 69.1 cm³/mol. The summed E-state index contributed by atoms with van der Waals surface area (Å²) in [4.78, 5) is 32.0. The second kappa shape index (κ2) is 5.21. The second-order valence-electron chi connectivity index (χ2n) is 3.89. The van der Waals surface area contributed by atoms with Gasteiger partial charge in [-0.2, -0.15) is 0 Å². The fourth-order valence-corrected chi connectivity index (χ4v) is 1.75. The fourth-order valence-electron chi connectivity index (χ4n) is 1.75. The molecular weight excluding hydrogens is 264 g/mol. The molecule has 2 rings (SSSR count). The van der Waals surface area contributed by atoms with E-state index in [2.05, 4.69) is 5.32 Å². The van der Waals surface area contributed by atoms with Gasteiger partial charge in [-0.1, -0.05) is 12.1 Å². The van der Waals surface area contributed by atoms with E-state index in [4.69, 9.17) is 5.11 Å². The number of carboxylic acid groups (broad SMARTS) is 1. The number of nitro groups is 1. The van der Waals surface area contributed by atoms with Gasteiger partial charge in [0.15, 0.2) is 5.94 Å². The number of hydrogen-bond donors (Lipinski definition) is 2. The van der Waals surface area contributed by atoms with Crippen molar-refractivity contribution in [1.29, 1.82) is 0 Å². The number of dihydropyridines is 1. The Morgan fingerprint density at radius 2 is 2.15 bits per heavy atom. The van der Waals surface area contributed by atoms with Crippen molar-refractivity contribution >= 4 is 23.2 Å². The first-order valence-electron chi connectivity index (χ1n) is 5.45. The maximum absolute atomic E-state index is 11.2. The molecule has 20 heavy (non-hydrogen) atoms. The summed E-state index contributed by atoms with van der Waals surface area (Å²) in [6.07, 6.45) is 2.44. The van der Waals surface area contributed by atoms with Crippen LogP contribution in [0.3, 0.4) is 0 Å². The van der Waals surface area contributed by atoms with Crippen LogP contribution in [-0.2, 0) is 9.59 Å². The van der Waals surface area contributed by atoms with Gasteiger partial charge in [0.2, 0.25) is 0 Å². The third-order valence-corrected chi connectivity index (χ3v) is 2.66. The van der Waals surface area contributed by atoms with E-state index in [1.807, 2.05) is 0 Å². The molecule has 7 heteroatoms. The third kappa shape index (κ3) is 2.47. The summed E-state index contributed by atoms with van der Waals surface area (Å²) in [5.41, 5.74) is 0.338. The zero-order valence-corrected chi connectivity index (χ0v) is 9.99. The molecule has 1 aliphatic rings. The van der Waals surface area contributed by atoms with Crippen LogP contribution < -0.4 is 5.32 Å². The highest BCUT2D eigenvalue weighted by Gasteiger charge is 2.21. The number of aliphatic carboxylic acids is 1. The minimum absolute atomic E-state index is 0.0523. The second-order valence-corrected chi connectivity index (χ2v) is 3.89. The van der Waals surface area contributed by atoms with Crippen molar-refractivity contribution in [2.75, 3.05) is 0 Å². The molecule has 0 saturated carbocycles. The van der Waals surface area contributed by atoms with Crippen molar-refractivity contribution < 1.29 is 19.6 Å². The number of carboxylic acids is 1. The molecule has 1 aliphatic heterocycles. The van der Waals surface area contributed by atoms with Crippen LogP contribution >= 0.6 is 0 Å². The molecule has 0 spiro atoms. The highest BCUT2D eigenvalue weighted by molar-refractivity contribution is 6.07. The summed E-state index contributed by atoms with van der Waals surface area (Å²) in [5, 5.41) is 22.3. The van der Waals surface area contributed by atoms with Crippen LogP contribution in [0.5, 0.6) is 0 Å². The lowest BCUT2D eigenvalue weighted by Crippen LogP contribution is -2.16. The highest BCUT2D eigenvalue weighted by Crippen LogP contribution is 2.28. The minimum atomic E-state index is -1.21. The molecule has 1 aromatic rings. The van der Waals surface area contributed by atoms with Crippen LogP contribution in [0.2, 0.25) is 0 Å². The average Bonchev–Trinajstić information content (AvgIpc) is 2.46. The maximum atomic E-state index is 11.2. The van der Waals surface area contributed by atoms with Crippen LogP contribution in [0.15, 0.2) is 47.8 Å². The standard InChI is InChI=1S/C13H8N2O5/c16-7-9-5-11(12(6-14-9)13(17)18)8-2-1-3-10(4-8)15(19)20/h1-6,14H,(H,17,18). The smallest absolute Gasteiger partial charge is 0.337 e. The Labute approximate surface area is 112 Å². The van der Waals surface area contributed by atoms with Crippen molar-refractivity contribution in [3.63, 3.8) is 0 Å². The molecule has 1 aromatic carbocycles. The monoisotopic (exact) mass is 272 g/mol. The molecule has 1 heterocycles. The Morgan fingerprint density at radius 1 is 1.40 bits per heavy atom. The molecule has 0 aliphatic carbocycles. The van der Waals surface area contributed by atoms with Crippen molar-refractivity contribution in [2.45, 2.75) is 0 Å². The molecule has 0 unspecified atom stereocenters. The first-order valence-corrected chi connectivity index (χ1v) is 5.45. The zero-order valence-electron chi connectivity index (χ0n) is 9.99. The SMILES string of the molecule is O=C=C1C=C(c2cccc([N+](=O)[O-])c2)C(C(=O)O)=CN1. The Hall–Kier alpha value is -3.18. The highest BCUT2D eigenvalue weighted by atomic mass is 16.6. The van der Waals surface area contributed by atoms with Gasteiger partial charge in [-0.3, -0.25) is 10.1 Å². The van der Waals surface area contributed by atoms with E-state index >= 15 is 0 Å². The fraction of sp³-hybridized carbons (Fsp3) is 0. The number of nitrogens with zero attached hydrogens (tertiary/aromatic N) is 1. The number of carbonyl (C=O) groups is 1. The quantitative estimate of drug-likeness (QED) is 0.487. The van der Waals surface area contributed by atoms with Crippen molar-refractivity contribution in [3.8, 4) is 0 Å². The number of benzene rings is 1. The van der Waals surface area contributed by atoms with Gasteiger partial charge in [0.1, 0.15) is 5.70 Å². The Bertz CT molecular complexity index is 711. The van der Waals surface area contributed by atoms with Crippen LogP contribution in [0, 0.1) is 10.1 Å². The number of rotatable bonds is 3. The molecule has 0 fully saturated rings. The van der Waals surface area contributed by atoms with Gasteiger partial charge in [0, 0.05) is 23.9 Å². The number of nitrogens with one attached hydrogen (secondary N) is 1. The van der Waals surface area contributed by atoms with Gasteiger partial charge < -0.3 is 10.4 Å². The third-order valence-electron chi connectivity index (χ3n) is 2.66. The van der Waals surface area contributed by atoms with E-state index in [-0.39, 0.29) is 22.5 Å². The topological polar surface area (TPSA) is 110 Å². The van der Waals surface area contributed by atoms with Gasteiger partial charge >= 0.3 is 5.97 Å². The summed E-state index contributed by atoms with van der Waals surface area (Å²) in [5.74, 6) is 0.400. The Morgan fingerprint density at radius 3 is 2.75 bits per heavy atom. The van der Waals surface area contributed by atoms with E-state index in [1.54, 1.807) is 5.94 Å². The van der Waals surface area contributed by atoms with Crippen molar-refractivity contribution in [2.24, 2.45) is 0 Å².